The lowest BCUT2D eigenvalue weighted by Crippen LogP contribution is -2.41. The average Bonchev–Trinajstić information content (AvgIpc) is 2.71. The van der Waals surface area contributed by atoms with Crippen molar-refractivity contribution in [2.45, 2.75) is 37.6 Å². The van der Waals surface area contributed by atoms with Crippen LogP contribution < -0.4 is 4.90 Å². The third-order valence-corrected chi connectivity index (χ3v) is 5.37. The number of para-hydroxylation sites is 1. The summed E-state index contributed by atoms with van der Waals surface area (Å²) in [6.45, 7) is 7.21. The topological polar surface area (TPSA) is 40.6 Å². The maximum atomic E-state index is 12.5. The summed E-state index contributed by atoms with van der Waals surface area (Å²) < 4.78 is 26.2. The van der Waals surface area contributed by atoms with Crippen LogP contribution in [0.15, 0.2) is 23.1 Å². The van der Waals surface area contributed by atoms with E-state index in [1.807, 2.05) is 12.1 Å². The third kappa shape index (κ3) is 2.37. The summed E-state index contributed by atoms with van der Waals surface area (Å²) in [6.07, 6.45) is 0.906. The lowest BCUT2D eigenvalue weighted by molar-refractivity contribution is 0.507. The average molecular weight is 282 g/mol. The van der Waals surface area contributed by atoms with Gasteiger partial charge in [-0.15, -0.1) is 0 Å². The highest BCUT2D eigenvalue weighted by atomic mass is 32.2. The Morgan fingerprint density at radius 2 is 1.84 bits per heavy atom. The van der Waals surface area contributed by atoms with Crippen LogP contribution in [0.1, 0.15) is 26.3 Å². The van der Waals surface area contributed by atoms with Crippen molar-refractivity contribution in [3.05, 3.63) is 23.8 Å². The second-order valence-electron chi connectivity index (χ2n) is 6.12. The van der Waals surface area contributed by atoms with Crippen molar-refractivity contribution in [1.29, 1.82) is 0 Å². The molecule has 19 heavy (non-hydrogen) atoms. The molecule has 2 rings (SSSR count). The van der Waals surface area contributed by atoms with E-state index in [1.165, 1.54) is 4.31 Å². The number of anilines is 1. The molecule has 0 saturated carbocycles. The predicted molar refractivity (Wildman–Crippen MR) is 78.1 cm³/mol. The van der Waals surface area contributed by atoms with E-state index in [4.69, 9.17) is 0 Å². The van der Waals surface area contributed by atoms with Crippen molar-refractivity contribution < 1.29 is 8.42 Å². The van der Waals surface area contributed by atoms with Crippen molar-refractivity contribution in [1.82, 2.24) is 4.31 Å². The smallest absolute Gasteiger partial charge is 0.244 e. The van der Waals surface area contributed by atoms with Gasteiger partial charge in [0.1, 0.15) is 4.90 Å². The molecule has 1 aromatic carbocycles. The van der Waals surface area contributed by atoms with Gasteiger partial charge in [0, 0.05) is 26.2 Å². The highest BCUT2D eigenvalue weighted by Crippen LogP contribution is 2.39. The van der Waals surface area contributed by atoms with Gasteiger partial charge in [-0.1, -0.05) is 12.1 Å². The van der Waals surface area contributed by atoms with E-state index in [1.54, 1.807) is 20.2 Å². The van der Waals surface area contributed by atoms with Gasteiger partial charge in [-0.05, 0) is 38.8 Å². The maximum Gasteiger partial charge on any atom is 0.244 e. The van der Waals surface area contributed by atoms with Gasteiger partial charge in [0.15, 0.2) is 0 Å². The Morgan fingerprint density at radius 1 is 1.21 bits per heavy atom. The van der Waals surface area contributed by atoms with E-state index >= 15 is 0 Å². The second-order valence-corrected chi connectivity index (χ2v) is 8.24. The molecule has 1 aliphatic rings. The van der Waals surface area contributed by atoms with E-state index in [0.717, 1.165) is 24.2 Å². The van der Waals surface area contributed by atoms with Crippen LogP contribution >= 0.6 is 0 Å². The Hall–Kier alpha value is -1.07. The van der Waals surface area contributed by atoms with Crippen LogP contribution in [0, 0.1) is 0 Å². The fourth-order valence-electron chi connectivity index (χ4n) is 2.50. The predicted octanol–water partition coefficient (Wildman–Crippen LogP) is 2.10. The maximum absolute atomic E-state index is 12.5. The van der Waals surface area contributed by atoms with Crippen molar-refractivity contribution in [2.24, 2.45) is 0 Å². The van der Waals surface area contributed by atoms with Crippen LogP contribution in [0.2, 0.25) is 0 Å². The van der Waals surface area contributed by atoms with E-state index < -0.39 is 10.0 Å². The molecule has 0 radical (unpaired) electrons. The molecule has 106 valence electrons. The monoisotopic (exact) mass is 282 g/mol. The molecule has 0 bridgehead atoms. The molecule has 4 nitrogen and oxygen atoms in total. The molecule has 0 unspecified atom stereocenters. The van der Waals surface area contributed by atoms with Crippen LogP contribution in [0.4, 0.5) is 5.69 Å². The minimum absolute atomic E-state index is 0.0802. The van der Waals surface area contributed by atoms with E-state index in [-0.39, 0.29) is 5.54 Å². The Morgan fingerprint density at radius 3 is 2.37 bits per heavy atom. The molecule has 0 atom stereocenters. The summed E-state index contributed by atoms with van der Waals surface area (Å²) in [5.74, 6) is 0. The molecular weight excluding hydrogens is 260 g/mol. The first-order valence-electron chi connectivity index (χ1n) is 6.48. The first-order valence-corrected chi connectivity index (χ1v) is 7.92. The fourth-order valence-corrected chi connectivity index (χ4v) is 3.63. The Kier molecular flexibility index (Phi) is 3.39. The second kappa shape index (κ2) is 4.49. The highest BCUT2D eigenvalue weighted by molar-refractivity contribution is 7.89. The summed E-state index contributed by atoms with van der Waals surface area (Å²) >= 11 is 0. The third-order valence-electron chi connectivity index (χ3n) is 3.53. The number of sulfonamides is 1. The van der Waals surface area contributed by atoms with Gasteiger partial charge in [0.2, 0.25) is 10.0 Å². The van der Waals surface area contributed by atoms with Gasteiger partial charge in [-0.3, -0.25) is 0 Å². The molecule has 1 aliphatic heterocycles. The van der Waals surface area contributed by atoms with Gasteiger partial charge in [-0.2, -0.15) is 0 Å². The molecule has 0 saturated heterocycles. The summed E-state index contributed by atoms with van der Waals surface area (Å²) in [5.41, 5.74) is 1.92. The summed E-state index contributed by atoms with van der Waals surface area (Å²) in [5, 5.41) is 0. The number of hydrogen-bond acceptors (Lipinski definition) is 3. The summed E-state index contributed by atoms with van der Waals surface area (Å²) in [6, 6.07) is 5.56. The molecule has 0 amide bonds. The number of rotatable bonds is 2. The fraction of sp³-hybridized carbons (Fsp3) is 0.571. The lowest BCUT2D eigenvalue weighted by Gasteiger charge is -2.35. The van der Waals surface area contributed by atoms with E-state index in [0.29, 0.717) is 4.90 Å². The number of fused-ring (bicyclic) bond motifs is 1. The van der Waals surface area contributed by atoms with Gasteiger partial charge in [-0.25, -0.2) is 12.7 Å². The molecule has 1 aromatic rings. The van der Waals surface area contributed by atoms with Crippen LogP contribution in [-0.2, 0) is 16.4 Å². The standard InChI is InChI=1S/C14H22N2O2S/c1-14(2,3)16-10-9-11-7-6-8-12(13(11)16)19(17,18)15(4)5/h6-8H,9-10H2,1-5H3. The van der Waals surface area contributed by atoms with Crippen molar-refractivity contribution in [3.63, 3.8) is 0 Å². The molecule has 0 N–H and O–H groups in total. The van der Waals surface area contributed by atoms with Crippen molar-refractivity contribution in [2.75, 3.05) is 25.5 Å². The zero-order valence-corrected chi connectivity index (χ0v) is 13.1. The highest BCUT2D eigenvalue weighted by Gasteiger charge is 2.34. The molecule has 0 aliphatic carbocycles. The van der Waals surface area contributed by atoms with Crippen molar-refractivity contribution >= 4 is 15.7 Å². The SMILES string of the molecule is CN(C)S(=O)(=O)c1cccc2c1N(C(C)(C)C)CC2. The molecule has 0 aromatic heterocycles. The van der Waals surface area contributed by atoms with E-state index in [2.05, 4.69) is 25.7 Å². The van der Waals surface area contributed by atoms with Crippen LogP contribution in [0.5, 0.6) is 0 Å². The van der Waals surface area contributed by atoms with Gasteiger partial charge in [0.05, 0.1) is 5.69 Å². The van der Waals surface area contributed by atoms with Gasteiger partial charge >= 0.3 is 0 Å². The molecule has 0 fully saturated rings. The van der Waals surface area contributed by atoms with Crippen molar-refractivity contribution in [3.8, 4) is 0 Å². The summed E-state index contributed by atoms with van der Waals surface area (Å²) in [7, 11) is -0.255. The first-order chi connectivity index (χ1) is 8.65. The Bertz CT molecular complexity index is 586. The van der Waals surface area contributed by atoms with Gasteiger partial charge < -0.3 is 4.90 Å². The number of benzene rings is 1. The molecule has 5 heteroatoms. The zero-order chi connectivity index (χ0) is 14.4. The normalized spacial score (nSPS) is 16.0. The van der Waals surface area contributed by atoms with Crippen LogP contribution in [0.3, 0.4) is 0 Å². The minimum atomic E-state index is -3.40. The Balaban J connectivity index is 2.65. The minimum Gasteiger partial charge on any atom is -0.365 e. The van der Waals surface area contributed by atoms with Crippen LogP contribution in [-0.4, -0.2) is 38.9 Å². The van der Waals surface area contributed by atoms with Gasteiger partial charge in [0.25, 0.3) is 0 Å². The largest absolute Gasteiger partial charge is 0.365 e. The molecule has 0 spiro atoms. The Labute approximate surface area is 116 Å². The molecular formula is C14H22N2O2S. The van der Waals surface area contributed by atoms with Crippen LogP contribution in [0.25, 0.3) is 0 Å². The summed E-state index contributed by atoms with van der Waals surface area (Å²) in [4.78, 5) is 2.61. The first kappa shape index (κ1) is 14.3. The van der Waals surface area contributed by atoms with E-state index in [9.17, 15) is 8.42 Å². The molecule has 1 heterocycles. The number of hydrogen-bond donors (Lipinski definition) is 0. The zero-order valence-electron chi connectivity index (χ0n) is 12.3. The lowest BCUT2D eigenvalue weighted by atomic mass is 10.1. The quantitative estimate of drug-likeness (QED) is 0.834. The number of nitrogens with zero attached hydrogens (tertiary/aromatic N) is 2.